The van der Waals surface area contributed by atoms with E-state index in [1.54, 1.807) is 0 Å². The van der Waals surface area contributed by atoms with E-state index in [-0.39, 0.29) is 5.91 Å². The van der Waals surface area contributed by atoms with Crippen molar-refractivity contribution in [2.75, 3.05) is 45.9 Å². The Bertz CT molecular complexity index is 938. The van der Waals surface area contributed by atoms with Crippen LogP contribution in [0.1, 0.15) is 54.7 Å². The number of hydrogen-bond acceptors (Lipinski definition) is 5. The van der Waals surface area contributed by atoms with E-state index in [4.69, 9.17) is 9.84 Å². The van der Waals surface area contributed by atoms with Gasteiger partial charge in [-0.2, -0.15) is 5.10 Å². The molecular weight excluding hydrogens is 408 g/mol. The summed E-state index contributed by atoms with van der Waals surface area (Å²) in [5, 5.41) is 5.05. The fourth-order valence-electron chi connectivity index (χ4n) is 5.00. The predicted molar refractivity (Wildman–Crippen MR) is 124 cm³/mol. The average molecular weight is 441 g/mol. The zero-order valence-electron chi connectivity index (χ0n) is 18.4. The summed E-state index contributed by atoms with van der Waals surface area (Å²) >= 11 is 1.82. The van der Waals surface area contributed by atoms with Crippen LogP contribution in [-0.4, -0.2) is 71.4 Å². The predicted octanol–water partition coefficient (Wildman–Crippen LogP) is 4.07. The van der Waals surface area contributed by atoms with Gasteiger partial charge in [-0.25, -0.2) is 0 Å². The summed E-state index contributed by atoms with van der Waals surface area (Å²) in [6.45, 7) is 8.13. The van der Waals surface area contributed by atoms with Crippen LogP contribution >= 0.6 is 11.8 Å². The van der Waals surface area contributed by atoms with Crippen molar-refractivity contribution in [2.45, 2.75) is 49.3 Å². The van der Waals surface area contributed by atoms with Crippen molar-refractivity contribution in [2.24, 2.45) is 0 Å². The van der Waals surface area contributed by atoms with E-state index in [0.717, 1.165) is 30.8 Å². The van der Waals surface area contributed by atoms with Crippen molar-refractivity contribution in [1.82, 2.24) is 19.6 Å². The molecule has 2 saturated heterocycles. The van der Waals surface area contributed by atoms with Crippen molar-refractivity contribution in [3.63, 3.8) is 0 Å². The first kappa shape index (κ1) is 21.0. The molecule has 1 atom stereocenters. The van der Waals surface area contributed by atoms with Crippen LogP contribution in [0.25, 0.3) is 11.3 Å². The second-order valence-corrected chi connectivity index (χ2v) is 9.78. The van der Waals surface area contributed by atoms with Gasteiger partial charge in [0.1, 0.15) is 0 Å². The van der Waals surface area contributed by atoms with E-state index in [2.05, 4.69) is 40.8 Å². The summed E-state index contributed by atoms with van der Waals surface area (Å²) in [7, 11) is 0. The molecule has 6 nitrogen and oxygen atoms in total. The third-order valence-corrected chi connectivity index (χ3v) is 7.78. The van der Waals surface area contributed by atoms with Crippen LogP contribution in [-0.2, 0) is 10.5 Å². The van der Waals surface area contributed by atoms with Crippen LogP contribution in [0.2, 0.25) is 0 Å². The van der Waals surface area contributed by atoms with Gasteiger partial charge in [0.25, 0.3) is 5.91 Å². The van der Waals surface area contributed by atoms with Crippen LogP contribution in [0, 0.1) is 0 Å². The van der Waals surface area contributed by atoms with E-state index in [9.17, 15) is 4.79 Å². The van der Waals surface area contributed by atoms with Crippen molar-refractivity contribution in [3.05, 3.63) is 35.5 Å². The Morgan fingerprint density at radius 3 is 2.90 bits per heavy atom. The van der Waals surface area contributed by atoms with Gasteiger partial charge in [0.05, 0.1) is 24.9 Å². The average Bonchev–Trinajstić information content (AvgIpc) is 3.23. The van der Waals surface area contributed by atoms with E-state index in [1.807, 2.05) is 16.7 Å². The highest BCUT2D eigenvalue weighted by atomic mass is 32.2. The molecule has 2 fully saturated rings. The van der Waals surface area contributed by atoms with Gasteiger partial charge in [0, 0.05) is 41.4 Å². The number of nitrogens with zero attached hydrogens (tertiary/aromatic N) is 4. The molecule has 166 valence electrons. The van der Waals surface area contributed by atoms with E-state index in [1.165, 1.54) is 42.0 Å². The first-order valence-electron chi connectivity index (χ1n) is 11.7. The SMILES string of the molecule is CCCCN1CCCC(n2nc(C(=O)N3CCOCC3)c3c2-c2ccccc2SC3)C1. The molecule has 0 aliphatic carbocycles. The Morgan fingerprint density at radius 2 is 2.06 bits per heavy atom. The molecule has 0 N–H and O–H groups in total. The minimum atomic E-state index is 0.0666. The largest absolute Gasteiger partial charge is 0.378 e. The molecule has 3 aliphatic rings. The normalized spacial score (nSPS) is 21.6. The molecule has 0 spiro atoms. The third kappa shape index (κ3) is 4.15. The molecule has 3 aliphatic heterocycles. The highest BCUT2D eigenvalue weighted by Crippen LogP contribution is 2.44. The number of thioether (sulfide) groups is 1. The van der Waals surface area contributed by atoms with Gasteiger partial charge in [-0.1, -0.05) is 31.5 Å². The highest BCUT2D eigenvalue weighted by molar-refractivity contribution is 7.98. The Labute approximate surface area is 188 Å². The fraction of sp³-hybridized carbons (Fsp3) is 0.583. The summed E-state index contributed by atoms with van der Waals surface area (Å²) in [6, 6.07) is 8.91. The zero-order chi connectivity index (χ0) is 21.2. The second-order valence-electron chi connectivity index (χ2n) is 8.76. The number of likely N-dealkylation sites (tertiary alicyclic amines) is 1. The number of carbonyl (C=O) groups is 1. The molecular formula is C24H32N4O2S. The highest BCUT2D eigenvalue weighted by Gasteiger charge is 2.34. The number of amides is 1. The Balaban J connectivity index is 1.53. The number of benzene rings is 1. The molecule has 7 heteroatoms. The molecule has 1 unspecified atom stereocenters. The lowest BCUT2D eigenvalue weighted by molar-refractivity contribution is 0.0297. The van der Waals surface area contributed by atoms with Crippen molar-refractivity contribution in [1.29, 1.82) is 0 Å². The number of hydrogen-bond donors (Lipinski definition) is 0. The number of unbranched alkanes of at least 4 members (excludes halogenated alkanes) is 1. The molecule has 4 heterocycles. The van der Waals surface area contributed by atoms with E-state index >= 15 is 0 Å². The van der Waals surface area contributed by atoms with E-state index in [0.29, 0.717) is 38.0 Å². The zero-order valence-corrected chi connectivity index (χ0v) is 19.2. The molecule has 5 rings (SSSR count). The molecule has 0 radical (unpaired) electrons. The lowest BCUT2D eigenvalue weighted by Gasteiger charge is -2.34. The van der Waals surface area contributed by atoms with Crippen LogP contribution in [0.5, 0.6) is 0 Å². The maximum Gasteiger partial charge on any atom is 0.274 e. The van der Waals surface area contributed by atoms with Gasteiger partial charge in [-0.3, -0.25) is 9.48 Å². The second kappa shape index (κ2) is 9.35. The molecule has 0 saturated carbocycles. The van der Waals surface area contributed by atoms with Gasteiger partial charge in [-0.15, -0.1) is 11.8 Å². The molecule has 0 bridgehead atoms. The smallest absolute Gasteiger partial charge is 0.274 e. The summed E-state index contributed by atoms with van der Waals surface area (Å²) in [4.78, 5) is 19.2. The molecule has 31 heavy (non-hydrogen) atoms. The monoisotopic (exact) mass is 440 g/mol. The number of piperidine rings is 1. The minimum absolute atomic E-state index is 0.0666. The topological polar surface area (TPSA) is 50.6 Å². The summed E-state index contributed by atoms with van der Waals surface area (Å²) in [6.07, 6.45) is 4.77. The Morgan fingerprint density at radius 1 is 1.23 bits per heavy atom. The molecule has 2 aromatic rings. The number of rotatable bonds is 5. The van der Waals surface area contributed by atoms with Crippen molar-refractivity contribution in [3.8, 4) is 11.3 Å². The standard InChI is InChI=1S/C24H32N4O2S/c1-2-3-10-26-11-6-7-18(16-26)28-23-19-8-4-5-9-21(19)31-17-20(23)22(25-28)24(29)27-12-14-30-15-13-27/h4-5,8-9,18H,2-3,6-7,10-17H2,1H3. The fourth-order valence-corrected chi connectivity index (χ4v) is 6.07. The summed E-state index contributed by atoms with van der Waals surface area (Å²) in [5.74, 6) is 0.876. The number of ether oxygens (including phenoxy) is 1. The van der Waals surface area contributed by atoms with Gasteiger partial charge in [0.15, 0.2) is 5.69 Å². The summed E-state index contributed by atoms with van der Waals surface area (Å²) in [5.41, 5.74) is 4.18. The lowest BCUT2D eigenvalue weighted by Crippen LogP contribution is -2.41. The molecule has 1 aromatic carbocycles. The van der Waals surface area contributed by atoms with E-state index < -0.39 is 0 Å². The first-order valence-corrected chi connectivity index (χ1v) is 12.7. The van der Waals surface area contributed by atoms with Crippen LogP contribution in [0.3, 0.4) is 0 Å². The van der Waals surface area contributed by atoms with Crippen LogP contribution in [0.4, 0.5) is 0 Å². The quantitative estimate of drug-likeness (QED) is 0.702. The van der Waals surface area contributed by atoms with Crippen LogP contribution < -0.4 is 0 Å². The van der Waals surface area contributed by atoms with Gasteiger partial charge in [0.2, 0.25) is 0 Å². The van der Waals surface area contributed by atoms with Gasteiger partial charge in [-0.05, 0) is 38.4 Å². The number of carbonyl (C=O) groups excluding carboxylic acids is 1. The van der Waals surface area contributed by atoms with Gasteiger partial charge < -0.3 is 14.5 Å². The lowest BCUT2D eigenvalue weighted by atomic mass is 10.0. The van der Waals surface area contributed by atoms with Crippen molar-refractivity contribution < 1.29 is 9.53 Å². The van der Waals surface area contributed by atoms with Crippen molar-refractivity contribution >= 4 is 17.7 Å². The number of aromatic nitrogens is 2. The number of fused-ring (bicyclic) bond motifs is 3. The number of morpholine rings is 1. The first-order chi connectivity index (χ1) is 15.3. The minimum Gasteiger partial charge on any atom is -0.378 e. The van der Waals surface area contributed by atoms with Gasteiger partial charge >= 0.3 is 0 Å². The third-order valence-electron chi connectivity index (χ3n) is 6.68. The molecule has 1 amide bonds. The Hall–Kier alpha value is -1.83. The Kier molecular flexibility index (Phi) is 6.34. The summed E-state index contributed by atoms with van der Waals surface area (Å²) < 4.78 is 7.68. The molecule has 1 aromatic heterocycles. The maximum absolute atomic E-state index is 13.5. The maximum atomic E-state index is 13.5. The van der Waals surface area contributed by atoms with Crippen LogP contribution in [0.15, 0.2) is 29.2 Å².